The molecule has 7 heteroatoms. The number of anilines is 1. The average molecular weight is 512 g/mol. The molecule has 2 unspecified atom stereocenters. The minimum Gasteiger partial charge on any atom is -0.369 e. The van der Waals surface area contributed by atoms with E-state index in [0.717, 1.165) is 31.0 Å². The Morgan fingerprint density at radius 1 is 1.14 bits per heavy atom. The highest BCUT2D eigenvalue weighted by Crippen LogP contribution is 2.19. The summed E-state index contributed by atoms with van der Waals surface area (Å²) < 4.78 is 12.2. The molecule has 0 aromatic heterocycles. The van der Waals surface area contributed by atoms with Gasteiger partial charge >= 0.3 is 0 Å². The lowest BCUT2D eigenvalue weighted by atomic mass is 10.2. The molecule has 1 aliphatic heterocycles. The van der Waals surface area contributed by atoms with E-state index in [9.17, 15) is 4.21 Å². The largest absolute Gasteiger partial charge is 0.369 e. The van der Waals surface area contributed by atoms with E-state index in [4.69, 9.17) is 0 Å². The lowest BCUT2D eigenvalue weighted by molar-refractivity contribution is 0.650. The monoisotopic (exact) mass is 512 g/mol. The van der Waals surface area contributed by atoms with Crippen LogP contribution >= 0.6 is 24.0 Å². The predicted molar refractivity (Wildman–Crippen MR) is 130 cm³/mol. The van der Waals surface area contributed by atoms with Crippen molar-refractivity contribution in [3.63, 3.8) is 0 Å². The molecule has 1 saturated heterocycles. The molecule has 0 spiro atoms. The minimum absolute atomic E-state index is 0. The van der Waals surface area contributed by atoms with Crippen LogP contribution in [0.4, 0.5) is 5.69 Å². The Hall–Kier alpha value is -1.61. The summed E-state index contributed by atoms with van der Waals surface area (Å²) in [6.45, 7) is 2.65. The number of benzene rings is 2. The fourth-order valence-corrected chi connectivity index (χ4v) is 4.29. The van der Waals surface area contributed by atoms with Gasteiger partial charge in [0.15, 0.2) is 5.96 Å². The van der Waals surface area contributed by atoms with Crippen LogP contribution in [0.3, 0.4) is 0 Å². The van der Waals surface area contributed by atoms with Crippen LogP contribution in [0.5, 0.6) is 0 Å². The first kappa shape index (κ1) is 22.7. The van der Waals surface area contributed by atoms with Gasteiger partial charge in [-0.2, -0.15) is 0 Å². The van der Waals surface area contributed by atoms with E-state index >= 15 is 0 Å². The van der Waals surface area contributed by atoms with Crippen molar-refractivity contribution in [1.29, 1.82) is 0 Å². The first-order chi connectivity index (χ1) is 13.2. The van der Waals surface area contributed by atoms with E-state index in [-0.39, 0.29) is 24.0 Å². The fourth-order valence-electron chi connectivity index (χ4n) is 3.25. The number of nitrogens with one attached hydrogen (secondary N) is 2. The first-order valence-corrected chi connectivity index (χ1v) is 10.9. The number of aliphatic imine (C=N–C) groups is 1. The third-order valence-electron chi connectivity index (χ3n) is 4.67. The van der Waals surface area contributed by atoms with E-state index in [0.29, 0.717) is 24.1 Å². The average Bonchev–Trinajstić information content (AvgIpc) is 3.17. The number of guanidine groups is 1. The zero-order chi connectivity index (χ0) is 18.9. The van der Waals surface area contributed by atoms with Gasteiger partial charge in [0.2, 0.25) is 0 Å². The van der Waals surface area contributed by atoms with Crippen LogP contribution < -0.4 is 15.5 Å². The standard InChI is InChI=1S/C21H28N4OS.HI/c1-22-21(23-13-15-27(26)17-18-8-4-2-5-9-18)24-19-12-14-25(16-19)20-10-6-3-7-11-20;/h2-11,19H,12-17H2,1H3,(H2,22,23,24);1H. The minimum atomic E-state index is -0.877. The first-order valence-electron chi connectivity index (χ1n) is 9.40. The van der Waals surface area contributed by atoms with Crippen LogP contribution in [0, 0.1) is 0 Å². The van der Waals surface area contributed by atoms with Crippen molar-refractivity contribution in [3.8, 4) is 0 Å². The summed E-state index contributed by atoms with van der Waals surface area (Å²) in [4.78, 5) is 6.70. The topological polar surface area (TPSA) is 56.7 Å². The summed E-state index contributed by atoms with van der Waals surface area (Å²) in [6, 6.07) is 20.8. The van der Waals surface area contributed by atoms with Gasteiger partial charge in [0.25, 0.3) is 0 Å². The van der Waals surface area contributed by atoms with Crippen molar-refractivity contribution in [2.45, 2.75) is 18.2 Å². The van der Waals surface area contributed by atoms with Gasteiger partial charge in [-0.3, -0.25) is 9.20 Å². The number of hydrogen-bond donors (Lipinski definition) is 2. The fraction of sp³-hybridized carbons (Fsp3) is 0.381. The van der Waals surface area contributed by atoms with E-state index in [1.165, 1.54) is 5.69 Å². The second kappa shape index (κ2) is 12.1. The normalized spacial score (nSPS) is 17.7. The van der Waals surface area contributed by atoms with Crippen LogP contribution in [0.25, 0.3) is 0 Å². The molecule has 152 valence electrons. The molecule has 0 amide bonds. The molecule has 0 bridgehead atoms. The maximum Gasteiger partial charge on any atom is 0.191 e. The quantitative estimate of drug-likeness (QED) is 0.341. The van der Waals surface area contributed by atoms with Crippen LogP contribution in [0.2, 0.25) is 0 Å². The van der Waals surface area contributed by atoms with Gasteiger partial charge in [0.1, 0.15) is 0 Å². The van der Waals surface area contributed by atoms with Crippen molar-refractivity contribution in [2.24, 2.45) is 4.99 Å². The maximum absolute atomic E-state index is 12.2. The summed E-state index contributed by atoms with van der Waals surface area (Å²) in [6.07, 6.45) is 1.08. The molecule has 3 rings (SSSR count). The molecule has 0 saturated carbocycles. The summed E-state index contributed by atoms with van der Waals surface area (Å²) in [7, 11) is 0.900. The zero-order valence-corrected chi connectivity index (χ0v) is 19.4. The molecule has 2 aromatic carbocycles. The van der Waals surface area contributed by atoms with Gasteiger partial charge in [0.05, 0.1) is 0 Å². The van der Waals surface area contributed by atoms with Crippen LogP contribution in [-0.4, -0.2) is 48.6 Å². The highest BCUT2D eigenvalue weighted by atomic mass is 127. The van der Waals surface area contributed by atoms with Crippen molar-refractivity contribution >= 4 is 46.4 Å². The molecular weight excluding hydrogens is 483 g/mol. The Labute approximate surface area is 187 Å². The Morgan fingerprint density at radius 2 is 1.82 bits per heavy atom. The second-order valence-electron chi connectivity index (χ2n) is 6.68. The van der Waals surface area contributed by atoms with Crippen molar-refractivity contribution in [3.05, 3.63) is 66.2 Å². The van der Waals surface area contributed by atoms with Crippen molar-refractivity contribution in [1.82, 2.24) is 10.6 Å². The smallest absolute Gasteiger partial charge is 0.191 e. The molecule has 1 fully saturated rings. The summed E-state index contributed by atoms with van der Waals surface area (Å²) in [5, 5.41) is 6.78. The van der Waals surface area contributed by atoms with Crippen molar-refractivity contribution in [2.75, 3.05) is 37.3 Å². The van der Waals surface area contributed by atoms with Crippen LogP contribution in [0.15, 0.2) is 65.7 Å². The third kappa shape index (κ3) is 7.09. The molecular formula is C21H29IN4OS. The molecule has 2 N–H and O–H groups in total. The van der Waals surface area contributed by atoms with E-state index in [1.807, 2.05) is 36.4 Å². The molecule has 0 radical (unpaired) electrons. The summed E-state index contributed by atoms with van der Waals surface area (Å²) in [5.41, 5.74) is 2.38. The van der Waals surface area contributed by atoms with Gasteiger partial charge in [-0.15, -0.1) is 24.0 Å². The number of hydrogen-bond acceptors (Lipinski definition) is 3. The van der Waals surface area contributed by atoms with E-state index in [2.05, 4.69) is 44.8 Å². The van der Waals surface area contributed by atoms with Crippen molar-refractivity contribution < 1.29 is 4.21 Å². The van der Waals surface area contributed by atoms with E-state index < -0.39 is 10.8 Å². The van der Waals surface area contributed by atoms with Gasteiger partial charge in [-0.1, -0.05) is 48.5 Å². The molecule has 2 aromatic rings. The van der Waals surface area contributed by atoms with Crippen LogP contribution in [-0.2, 0) is 16.6 Å². The maximum atomic E-state index is 12.2. The molecule has 1 aliphatic rings. The Morgan fingerprint density at radius 3 is 2.50 bits per heavy atom. The summed E-state index contributed by atoms with van der Waals surface area (Å²) in [5.74, 6) is 1.99. The lowest BCUT2D eigenvalue weighted by Crippen LogP contribution is -2.45. The van der Waals surface area contributed by atoms with Gasteiger partial charge in [-0.25, -0.2) is 0 Å². The highest BCUT2D eigenvalue weighted by molar-refractivity contribution is 14.0. The predicted octanol–water partition coefficient (Wildman–Crippen LogP) is 3.00. The van der Waals surface area contributed by atoms with Gasteiger partial charge < -0.3 is 15.5 Å². The Balaban J connectivity index is 0.00000280. The van der Waals surface area contributed by atoms with Gasteiger partial charge in [0, 0.05) is 60.7 Å². The second-order valence-corrected chi connectivity index (χ2v) is 8.26. The van der Waals surface area contributed by atoms with E-state index in [1.54, 1.807) is 7.05 Å². The Kier molecular flexibility index (Phi) is 9.77. The van der Waals surface area contributed by atoms with Crippen LogP contribution in [0.1, 0.15) is 12.0 Å². The third-order valence-corrected chi connectivity index (χ3v) is 5.98. The zero-order valence-electron chi connectivity index (χ0n) is 16.2. The molecule has 0 aliphatic carbocycles. The highest BCUT2D eigenvalue weighted by Gasteiger charge is 2.23. The molecule has 1 heterocycles. The van der Waals surface area contributed by atoms with Gasteiger partial charge in [-0.05, 0) is 24.1 Å². The molecule has 28 heavy (non-hydrogen) atoms. The number of rotatable bonds is 7. The molecule has 5 nitrogen and oxygen atoms in total. The number of para-hydroxylation sites is 1. The Bertz CT molecular complexity index is 758. The lowest BCUT2D eigenvalue weighted by Gasteiger charge is -2.20. The summed E-state index contributed by atoms with van der Waals surface area (Å²) >= 11 is 0. The molecule has 2 atom stereocenters. The number of halogens is 1. The SMILES string of the molecule is CN=C(NCCS(=O)Cc1ccccc1)NC1CCN(c2ccccc2)C1.I. The number of nitrogens with zero attached hydrogens (tertiary/aromatic N) is 2.